The van der Waals surface area contributed by atoms with Crippen molar-refractivity contribution in [3.8, 4) is 0 Å². The molecule has 2 unspecified atom stereocenters. The van der Waals surface area contributed by atoms with E-state index in [9.17, 15) is 9.59 Å². The van der Waals surface area contributed by atoms with Gasteiger partial charge in [-0.15, -0.1) is 0 Å². The van der Waals surface area contributed by atoms with Crippen LogP contribution in [0, 0.1) is 0 Å². The first-order chi connectivity index (χ1) is 15.8. The van der Waals surface area contributed by atoms with Crippen molar-refractivity contribution >= 4 is 29.2 Å². The lowest BCUT2D eigenvalue weighted by atomic mass is 9.83. The first-order valence-corrected chi connectivity index (χ1v) is 12.3. The van der Waals surface area contributed by atoms with E-state index < -0.39 is 5.41 Å². The van der Waals surface area contributed by atoms with Crippen molar-refractivity contribution in [2.45, 2.75) is 82.0 Å². The molecule has 1 aromatic carbocycles. The van der Waals surface area contributed by atoms with E-state index in [1.807, 2.05) is 50.2 Å². The Balaban J connectivity index is 1.23. The van der Waals surface area contributed by atoms with E-state index in [-0.39, 0.29) is 17.9 Å². The highest BCUT2D eigenvalue weighted by atomic mass is 35.5. The molecular weight excluding hydrogens is 436 g/mol. The summed E-state index contributed by atoms with van der Waals surface area (Å²) in [5, 5.41) is 6.97. The Morgan fingerprint density at radius 3 is 2.33 bits per heavy atom. The molecule has 5 rings (SSSR count). The first kappa shape index (κ1) is 22.2. The Labute approximate surface area is 200 Å². The number of hydrogen-bond donors (Lipinski definition) is 2. The molecule has 3 fully saturated rings. The maximum absolute atomic E-state index is 13.2. The summed E-state index contributed by atoms with van der Waals surface area (Å²) in [7, 11) is 0. The van der Waals surface area contributed by atoms with Gasteiger partial charge in [-0.2, -0.15) is 0 Å². The molecule has 6 nitrogen and oxygen atoms in total. The average molecular weight is 467 g/mol. The summed E-state index contributed by atoms with van der Waals surface area (Å²) in [6.45, 7) is 3.89. The molecule has 1 aliphatic carbocycles. The Morgan fingerprint density at radius 2 is 1.73 bits per heavy atom. The van der Waals surface area contributed by atoms with E-state index in [4.69, 9.17) is 11.6 Å². The fraction of sp³-hybridized carbons (Fsp3) is 0.500. The lowest BCUT2D eigenvalue weighted by molar-refractivity contribution is -0.126. The van der Waals surface area contributed by atoms with Gasteiger partial charge in [-0.25, -0.2) is 4.98 Å². The van der Waals surface area contributed by atoms with Crippen molar-refractivity contribution in [3.05, 3.63) is 58.7 Å². The van der Waals surface area contributed by atoms with Crippen molar-refractivity contribution in [1.29, 1.82) is 0 Å². The number of nitrogens with zero attached hydrogens (tertiary/aromatic N) is 2. The van der Waals surface area contributed by atoms with Crippen LogP contribution in [0.3, 0.4) is 0 Å². The fourth-order valence-corrected chi connectivity index (χ4v) is 5.40. The summed E-state index contributed by atoms with van der Waals surface area (Å²) in [5.74, 6) is 0.921. The van der Waals surface area contributed by atoms with Crippen LogP contribution in [-0.4, -0.2) is 41.0 Å². The minimum Gasteiger partial charge on any atom is -0.352 e. The summed E-state index contributed by atoms with van der Waals surface area (Å²) in [5.41, 5.74) is 0.880. The van der Waals surface area contributed by atoms with E-state index in [2.05, 4.69) is 20.5 Å². The lowest BCUT2D eigenvalue weighted by Gasteiger charge is -2.41. The number of hydrogen-bond acceptors (Lipinski definition) is 4. The average Bonchev–Trinajstić information content (AvgIpc) is 3.57. The zero-order valence-electron chi connectivity index (χ0n) is 19.2. The molecule has 2 amide bonds. The molecule has 3 heterocycles. The molecule has 0 radical (unpaired) electrons. The predicted octanol–water partition coefficient (Wildman–Crippen LogP) is 4.22. The maximum Gasteiger partial charge on any atom is 0.253 e. The van der Waals surface area contributed by atoms with Gasteiger partial charge in [-0.05, 0) is 82.2 Å². The molecule has 2 bridgehead atoms. The van der Waals surface area contributed by atoms with Gasteiger partial charge < -0.3 is 15.5 Å². The van der Waals surface area contributed by atoms with Gasteiger partial charge in [-0.3, -0.25) is 9.59 Å². The molecule has 2 atom stereocenters. The number of fused-ring (bicyclic) bond motifs is 2. The van der Waals surface area contributed by atoms with Crippen LogP contribution in [0.5, 0.6) is 0 Å². The van der Waals surface area contributed by atoms with Crippen molar-refractivity contribution < 1.29 is 9.59 Å². The van der Waals surface area contributed by atoms with Crippen LogP contribution >= 0.6 is 11.6 Å². The van der Waals surface area contributed by atoms with Gasteiger partial charge in [0.25, 0.3) is 5.91 Å². The third-order valence-corrected chi connectivity index (χ3v) is 7.60. The molecule has 1 aromatic heterocycles. The van der Waals surface area contributed by atoms with Crippen LogP contribution in [0.2, 0.25) is 5.02 Å². The number of pyridine rings is 1. The topological polar surface area (TPSA) is 74.3 Å². The van der Waals surface area contributed by atoms with Crippen LogP contribution in [0.15, 0.2) is 42.6 Å². The highest BCUT2D eigenvalue weighted by Crippen LogP contribution is 2.39. The number of carbonyl (C=O) groups is 2. The number of rotatable bonds is 6. The monoisotopic (exact) mass is 466 g/mol. The van der Waals surface area contributed by atoms with E-state index in [1.54, 1.807) is 6.20 Å². The maximum atomic E-state index is 13.2. The SMILES string of the molecule is CC(C)(C(=O)NC1CC2CCC(C1)N2c1ccc(C(=O)NC2CC2)cn1)c1cccc(Cl)c1. The summed E-state index contributed by atoms with van der Waals surface area (Å²) in [6.07, 6.45) is 7.83. The summed E-state index contributed by atoms with van der Waals surface area (Å²) >= 11 is 6.15. The number of nitrogens with one attached hydrogen (secondary N) is 2. The molecule has 174 valence electrons. The Bertz CT molecular complexity index is 1040. The Hall–Kier alpha value is -2.60. The third kappa shape index (κ3) is 4.58. The van der Waals surface area contributed by atoms with E-state index >= 15 is 0 Å². The van der Waals surface area contributed by atoms with Gasteiger partial charge >= 0.3 is 0 Å². The number of amides is 2. The predicted molar refractivity (Wildman–Crippen MR) is 130 cm³/mol. The van der Waals surface area contributed by atoms with Gasteiger partial charge in [0.15, 0.2) is 0 Å². The minimum absolute atomic E-state index is 0.0340. The number of piperidine rings is 1. The van der Waals surface area contributed by atoms with Crippen LogP contribution in [0.1, 0.15) is 68.3 Å². The molecule has 33 heavy (non-hydrogen) atoms. The summed E-state index contributed by atoms with van der Waals surface area (Å²) in [4.78, 5) is 32.5. The van der Waals surface area contributed by atoms with Crippen LogP contribution < -0.4 is 15.5 Å². The van der Waals surface area contributed by atoms with Crippen LogP contribution in [0.4, 0.5) is 5.82 Å². The zero-order chi connectivity index (χ0) is 23.2. The normalized spacial score (nSPS) is 24.5. The quantitative estimate of drug-likeness (QED) is 0.668. The van der Waals surface area contributed by atoms with E-state index in [1.165, 1.54) is 0 Å². The highest BCUT2D eigenvalue weighted by Gasteiger charge is 2.43. The second kappa shape index (κ2) is 8.64. The summed E-state index contributed by atoms with van der Waals surface area (Å²) in [6, 6.07) is 12.6. The zero-order valence-corrected chi connectivity index (χ0v) is 19.9. The molecule has 0 spiro atoms. The van der Waals surface area contributed by atoms with Gasteiger partial charge in [0, 0.05) is 35.4 Å². The molecule has 2 saturated heterocycles. The number of aromatic nitrogens is 1. The molecule has 2 aliphatic heterocycles. The number of anilines is 1. The first-order valence-electron chi connectivity index (χ1n) is 11.9. The fourth-order valence-electron chi connectivity index (χ4n) is 5.21. The highest BCUT2D eigenvalue weighted by molar-refractivity contribution is 6.30. The molecule has 2 aromatic rings. The lowest BCUT2D eigenvalue weighted by Crippen LogP contribution is -2.53. The van der Waals surface area contributed by atoms with Crippen molar-refractivity contribution in [1.82, 2.24) is 15.6 Å². The largest absolute Gasteiger partial charge is 0.352 e. The third-order valence-electron chi connectivity index (χ3n) is 7.37. The summed E-state index contributed by atoms with van der Waals surface area (Å²) < 4.78 is 0. The van der Waals surface area contributed by atoms with Crippen LogP contribution in [0.25, 0.3) is 0 Å². The van der Waals surface area contributed by atoms with Gasteiger partial charge in [0.1, 0.15) is 5.82 Å². The number of carbonyl (C=O) groups excluding carboxylic acids is 2. The Morgan fingerprint density at radius 1 is 1.00 bits per heavy atom. The standard InChI is InChI=1S/C26H31ClN4O2/c1-26(2,17-4-3-5-18(27)12-17)25(33)30-20-13-21-9-10-22(14-20)31(21)23-11-6-16(15-28-23)24(32)29-19-7-8-19/h3-6,11-12,15,19-22H,7-10,13-14H2,1-2H3,(H,29,32)(H,30,33). The Kier molecular flexibility index (Phi) is 5.81. The van der Waals surface area contributed by atoms with Gasteiger partial charge in [-0.1, -0.05) is 23.7 Å². The molecule has 7 heteroatoms. The van der Waals surface area contributed by atoms with E-state index in [0.29, 0.717) is 28.7 Å². The number of halogens is 1. The van der Waals surface area contributed by atoms with Crippen molar-refractivity contribution in [3.63, 3.8) is 0 Å². The van der Waals surface area contributed by atoms with Gasteiger partial charge in [0.05, 0.1) is 11.0 Å². The smallest absolute Gasteiger partial charge is 0.253 e. The van der Waals surface area contributed by atoms with E-state index in [0.717, 1.165) is 49.9 Å². The van der Waals surface area contributed by atoms with Crippen LogP contribution in [-0.2, 0) is 10.2 Å². The molecule has 1 saturated carbocycles. The molecule has 2 N–H and O–H groups in total. The van der Waals surface area contributed by atoms with Gasteiger partial charge in [0.2, 0.25) is 5.91 Å². The molecule has 3 aliphatic rings. The minimum atomic E-state index is -0.653. The second-order valence-electron chi connectivity index (χ2n) is 10.2. The second-order valence-corrected chi connectivity index (χ2v) is 10.7. The van der Waals surface area contributed by atoms with Crippen molar-refractivity contribution in [2.24, 2.45) is 0 Å². The molecular formula is C26H31ClN4O2. The van der Waals surface area contributed by atoms with Crippen molar-refractivity contribution in [2.75, 3.05) is 4.90 Å². The number of benzene rings is 1.